The second-order valence-corrected chi connectivity index (χ2v) is 8.45. The molecule has 9 nitrogen and oxygen atoms in total. The van der Waals surface area contributed by atoms with Crippen LogP contribution in [0.1, 0.15) is 25.8 Å². The lowest BCUT2D eigenvalue weighted by atomic mass is 10.1. The maximum atomic E-state index is 10.4. The van der Waals surface area contributed by atoms with Gasteiger partial charge in [0.1, 0.15) is 25.7 Å². The van der Waals surface area contributed by atoms with Crippen LogP contribution in [-0.4, -0.2) is 61.0 Å². The van der Waals surface area contributed by atoms with Crippen LogP contribution in [0.25, 0.3) is 0 Å². The fourth-order valence-corrected chi connectivity index (χ4v) is 3.46. The van der Waals surface area contributed by atoms with Gasteiger partial charge in [0, 0.05) is 6.42 Å². The van der Waals surface area contributed by atoms with E-state index in [1.54, 1.807) is 0 Å². The van der Waals surface area contributed by atoms with Gasteiger partial charge >= 0.3 is 0 Å². The second kappa shape index (κ2) is 14.2. The van der Waals surface area contributed by atoms with Crippen LogP contribution < -0.4 is 30.3 Å². The van der Waals surface area contributed by atoms with E-state index in [9.17, 15) is 5.11 Å². The summed E-state index contributed by atoms with van der Waals surface area (Å²) in [5.74, 6) is -2.75. The normalized spacial score (nSPS) is 17.0. The summed E-state index contributed by atoms with van der Waals surface area (Å²) in [5, 5.41) is 32.6. The lowest BCUT2D eigenvalue weighted by molar-refractivity contribution is -0.722. The van der Waals surface area contributed by atoms with Crippen LogP contribution in [0.2, 0.25) is 0 Å². The van der Waals surface area contributed by atoms with Crippen molar-refractivity contribution in [3.05, 3.63) is 60.2 Å². The van der Waals surface area contributed by atoms with Crippen molar-refractivity contribution in [2.45, 2.75) is 51.0 Å². The molecule has 1 aliphatic rings. The molecule has 0 amide bonds. The summed E-state index contributed by atoms with van der Waals surface area (Å²) < 4.78 is 11.8. The Morgan fingerprint density at radius 1 is 0.971 bits per heavy atom. The smallest absolute Gasteiger partial charge is 0.184 e. The van der Waals surface area contributed by atoms with Gasteiger partial charge < -0.3 is 45.0 Å². The molecule has 0 fully saturated rings. The predicted molar refractivity (Wildman–Crippen MR) is 120 cm³/mol. The first-order valence-electron chi connectivity index (χ1n) is 11.5. The molecule has 186 valence electrons. The standard InChI is InChI=1S/C23H32N2O3.C2H2O4/c1-17(12-13-19-8-4-3-5-9-19)24-14-20(26)15-25-18(2)23-16-27-21-10-6-7-11-22(21)28-23;3-1(4)2(5)6/h3-11,17-18,20,23-26H,12-16H2,1-2H3;(H,3,4)(H,5,6). The quantitative estimate of drug-likeness (QED) is 0.315. The van der Waals surface area contributed by atoms with Crippen LogP contribution in [0.4, 0.5) is 0 Å². The fraction of sp³-hybridized carbons (Fsp3) is 0.440. The number of nitrogens with two attached hydrogens (primary N) is 2. The summed E-state index contributed by atoms with van der Waals surface area (Å²) in [4.78, 5) is 17.9. The minimum atomic E-state index is -2.19. The third kappa shape index (κ3) is 9.78. The molecule has 0 radical (unpaired) electrons. The van der Waals surface area contributed by atoms with Gasteiger partial charge in [0.05, 0.1) is 18.0 Å². The van der Waals surface area contributed by atoms with Crippen molar-refractivity contribution in [3.8, 4) is 11.5 Å². The first-order valence-corrected chi connectivity index (χ1v) is 11.5. The zero-order valence-corrected chi connectivity index (χ0v) is 19.6. The average molecular weight is 475 g/mol. The molecule has 3 rings (SSSR count). The number of quaternary nitrogens is 2. The number of carbonyl (C=O) groups excluding carboxylic acids is 2. The number of carboxylic acid groups (broad SMARTS) is 2. The lowest BCUT2D eigenvalue weighted by Crippen LogP contribution is -2.97. The molecule has 4 unspecified atom stereocenters. The van der Waals surface area contributed by atoms with E-state index < -0.39 is 11.9 Å². The molecule has 2 aromatic rings. The summed E-state index contributed by atoms with van der Waals surface area (Å²) in [7, 11) is 0. The maximum absolute atomic E-state index is 10.4. The second-order valence-electron chi connectivity index (χ2n) is 8.45. The van der Waals surface area contributed by atoms with Crippen LogP contribution in [0.5, 0.6) is 11.5 Å². The zero-order valence-electron chi connectivity index (χ0n) is 19.6. The Hall–Kier alpha value is -3.14. The number of aliphatic hydroxyl groups excluding tert-OH is 1. The van der Waals surface area contributed by atoms with E-state index in [0.717, 1.165) is 30.9 Å². The Morgan fingerprint density at radius 3 is 2.21 bits per heavy atom. The fourth-order valence-electron chi connectivity index (χ4n) is 3.46. The van der Waals surface area contributed by atoms with Crippen LogP contribution in [-0.2, 0) is 16.0 Å². The number of hydrogen-bond donors (Lipinski definition) is 3. The average Bonchev–Trinajstić information content (AvgIpc) is 2.85. The third-order valence-corrected chi connectivity index (χ3v) is 5.61. The van der Waals surface area contributed by atoms with Gasteiger partial charge in [-0.1, -0.05) is 42.5 Å². The van der Waals surface area contributed by atoms with Gasteiger partial charge in [0.2, 0.25) is 0 Å². The molecule has 5 N–H and O–H groups in total. The summed E-state index contributed by atoms with van der Waals surface area (Å²) in [6.45, 7) is 6.30. The molecule has 2 aromatic carbocycles. The molecule has 0 saturated carbocycles. The van der Waals surface area contributed by atoms with E-state index in [2.05, 4.69) is 54.8 Å². The van der Waals surface area contributed by atoms with Gasteiger partial charge in [-0.15, -0.1) is 0 Å². The molecule has 0 spiro atoms. The van der Waals surface area contributed by atoms with Gasteiger partial charge in [-0.3, -0.25) is 0 Å². The molecule has 1 heterocycles. The van der Waals surface area contributed by atoms with E-state index in [1.807, 2.05) is 24.3 Å². The van der Waals surface area contributed by atoms with Gasteiger partial charge in [0.15, 0.2) is 23.7 Å². The van der Waals surface area contributed by atoms with Crippen molar-refractivity contribution in [1.29, 1.82) is 0 Å². The minimum absolute atomic E-state index is 0.00382. The Bertz CT molecular complexity index is 882. The number of benzene rings is 2. The largest absolute Gasteiger partial charge is 0.543 e. The number of carboxylic acids is 2. The van der Waals surface area contributed by atoms with Crippen molar-refractivity contribution in [2.75, 3.05) is 19.7 Å². The number of aliphatic hydroxyl groups is 1. The number of rotatable bonds is 10. The third-order valence-electron chi connectivity index (χ3n) is 5.61. The number of fused-ring (bicyclic) bond motifs is 1. The Balaban J connectivity index is 0.000000604. The van der Waals surface area contributed by atoms with Crippen LogP contribution in [0, 0.1) is 0 Å². The Morgan fingerprint density at radius 2 is 1.56 bits per heavy atom. The monoisotopic (exact) mass is 474 g/mol. The Kier molecular flexibility index (Phi) is 11.3. The molecule has 0 bridgehead atoms. The first kappa shape index (κ1) is 27.1. The highest BCUT2D eigenvalue weighted by Crippen LogP contribution is 2.31. The molecule has 0 aromatic heterocycles. The van der Waals surface area contributed by atoms with Crippen LogP contribution >= 0.6 is 0 Å². The number of aliphatic carboxylic acids is 2. The topological polar surface area (TPSA) is 152 Å². The predicted octanol–water partition coefficient (Wildman–Crippen LogP) is -2.79. The van der Waals surface area contributed by atoms with Gasteiger partial charge in [-0.05, 0) is 38.0 Å². The highest BCUT2D eigenvalue weighted by Gasteiger charge is 2.28. The van der Waals surface area contributed by atoms with Crippen molar-refractivity contribution in [1.82, 2.24) is 0 Å². The molecule has 0 aliphatic carbocycles. The van der Waals surface area contributed by atoms with E-state index in [1.165, 1.54) is 5.56 Å². The molecular formula is C25H34N2O7. The van der Waals surface area contributed by atoms with Crippen molar-refractivity contribution in [2.24, 2.45) is 0 Å². The van der Waals surface area contributed by atoms with E-state index in [-0.39, 0.29) is 18.2 Å². The van der Waals surface area contributed by atoms with E-state index in [4.69, 9.17) is 29.3 Å². The van der Waals surface area contributed by atoms with E-state index in [0.29, 0.717) is 19.2 Å². The number of carbonyl (C=O) groups is 2. The molecular weight excluding hydrogens is 440 g/mol. The van der Waals surface area contributed by atoms with Crippen molar-refractivity contribution >= 4 is 11.9 Å². The number of para-hydroxylation sites is 2. The van der Waals surface area contributed by atoms with Gasteiger partial charge in [-0.2, -0.15) is 0 Å². The summed E-state index contributed by atoms with van der Waals surface area (Å²) in [5.41, 5.74) is 1.38. The highest BCUT2D eigenvalue weighted by atomic mass is 16.6. The van der Waals surface area contributed by atoms with Crippen LogP contribution in [0.15, 0.2) is 54.6 Å². The lowest BCUT2D eigenvalue weighted by Gasteiger charge is -2.29. The number of ether oxygens (including phenoxy) is 2. The van der Waals surface area contributed by atoms with E-state index >= 15 is 0 Å². The van der Waals surface area contributed by atoms with Gasteiger partial charge in [-0.25, -0.2) is 0 Å². The molecule has 9 heteroatoms. The summed E-state index contributed by atoms with van der Waals surface area (Å²) >= 11 is 0. The van der Waals surface area contributed by atoms with Crippen LogP contribution in [0.3, 0.4) is 0 Å². The zero-order chi connectivity index (χ0) is 24.9. The van der Waals surface area contributed by atoms with Gasteiger partial charge in [0.25, 0.3) is 0 Å². The summed E-state index contributed by atoms with van der Waals surface area (Å²) in [6, 6.07) is 19.1. The SMILES string of the molecule is CC(CCc1ccccc1)[NH2+]CC(O)C[NH2+]C(C)C1COc2ccccc2O1.O=C([O-])C(=O)[O-]. The van der Waals surface area contributed by atoms with Crippen molar-refractivity contribution in [3.63, 3.8) is 0 Å². The molecule has 4 atom stereocenters. The summed E-state index contributed by atoms with van der Waals surface area (Å²) in [6.07, 6.45) is 1.86. The first-order chi connectivity index (χ1) is 16.3. The molecule has 1 aliphatic heterocycles. The minimum Gasteiger partial charge on any atom is -0.543 e. The number of hydrogen-bond acceptors (Lipinski definition) is 7. The maximum Gasteiger partial charge on any atom is 0.184 e. The number of aryl methyl sites for hydroxylation is 1. The highest BCUT2D eigenvalue weighted by molar-refractivity contribution is 6.25. The Labute approximate surface area is 199 Å². The molecule has 0 saturated heterocycles. The van der Waals surface area contributed by atoms with Crippen molar-refractivity contribution < 1.29 is 45.0 Å². The molecule has 34 heavy (non-hydrogen) atoms.